The summed E-state index contributed by atoms with van der Waals surface area (Å²) in [5, 5.41) is 12.7. The number of benzene rings is 1. The van der Waals surface area contributed by atoms with E-state index in [1.54, 1.807) is 4.68 Å². The molecule has 2 aromatic rings. The molecule has 1 aromatic heterocycles. The largest absolute Gasteiger partial charge is 0.334 e. The van der Waals surface area contributed by atoms with E-state index in [1.165, 1.54) is 16.7 Å². The first-order valence-corrected chi connectivity index (χ1v) is 9.11. The Morgan fingerprint density at radius 2 is 1.92 bits per heavy atom. The van der Waals surface area contributed by atoms with Gasteiger partial charge in [-0.25, -0.2) is 0 Å². The van der Waals surface area contributed by atoms with Crippen LogP contribution in [0, 0.1) is 13.8 Å². The van der Waals surface area contributed by atoms with Gasteiger partial charge in [0, 0.05) is 0 Å². The van der Waals surface area contributed by atoms with E-state index in [4.69, 9.17) is 0 Å². The van der Waals surface area contributed by atoms with Gasteiger partial charge in [-0.15, -0.1) is 5.10 Å². The van der Waals surface area contributed by atoms with Crippen molar-refractivity contribution in [3.8, 4) is 5.69 Å². The summed E-state index contributed by atoms with van der Waals surface area (Å²) < 4.78 is 1.73. The highest BCUT2D eigenvalue weighted by molar-refractivity contribution is 7.99. The van der Waals surface area contributed by atoms with Gasteiger partial charge in [0.05, 0.1) is 44.7 Å². The van der Waals surface area contributed by atoms with Crippen molar-refractivity contribution in [1.29, 1.82) is 0 Å². The minimum atomic E-state index is 0.156. The highest BCUT2D eigenvalue weighted by Crippen LogP contribution is 2.23. The second-order valence-corrected chi connectivity index (χ2v) is 7.18. The summed E-state index contributed by atoms with van der Waals surface area (Å²) in [4.78, 5) is 15.8. The number of likely N-dealkylation sites (N-methyl/N-ethyl adjacent to an activating group) is 1. The molecule has 1 fully saturated rings. The van der Waals surface area contributed by atoms with Gasteiger partial charge < -0.3 is 9.80 Å². The van der Waals surface area contributed by atoms with Gasteiger partial charge in [0.25, 0.3) is 0 Å². The molecule has 0 spiro atoms. The van der Waals surface area contributed by atoms with Gasteiger partial charge in [0.1, 0.15) is 0 Å². The number of nitrogens with zero attached hydrogens (tertiary/aromatic N) is 5. The second-order valence-electron chi connectivity index (χ2n) is 6.24. The van der Waals surface area contributed by atoms with Crippen LogP contribution in [0.25, 0.3) is 5.69 Å². The molecule has 0 unspecified atom stereocenters. The number of aromatic nitrogens is 4. The third-order valence-corrected chi connectivity index (χ3v) is 5.29. The number of thioether (sulfide) groups is 1. The van der Waals surface area contributed by atoms with Crippen LogP contribution in [0.15, 0.2) is 23.4 Å². The molecule has 1 aliphatic heterocycles. The van der Waals surface area contributed by atoms with Crippen LogP contribution in [0.2, 0.25) is 0 Å². The molecule has 3 rings (SSSR count). The molecule has 8 heteroatoms. The Balaban J connectivity index is 1.69. The molecule has 1 aromatic carbocycles. The molecular formula is C16H23N6OS+. The van der Waals surface area contributed by atoms with Gasteiger partial charge in [0.2, 0.25) is 11.1 Å². The van der Waals surface area contributed by atoms with Crippen LogP contribution in [0.5, 0.6) is 0 Å². The number of piperazine rings is 1. The molecule has 1 saturated heterocycles. The predicted molar refractivity (Wildman–Crippen MR) is 92.6 cm³/mol. The number of carbonyl (C=O) groups excluding carboxylic acids is 1. The van der Waals surface area contributed by atoms with E-state index in [0.29, 0.717) is 10.9 Å². The number of hydrogen-bond donors (Lipinski definition) is 1. The third-order valence-electron chi connectivity index (χ3n) is 4.39. The molecule has 2 heterocycles. The fraction of sp³-hybridized carbons (Fsp3) is 0.500. The molecule has 7 nitrogen and oxygen atoms in total. The van der Waals surface area contributed by atoms with E-state index < -0.39 is 0 Å². The van der Waals surface area contributed by atoms with Gasteiger partial charge in [0.15, 0.2) is 0 Å². The zero-order chi connectivity index (χ0) is 17.1. The summed E-state index contributed by atoms with van der Waals surface area (Å²) in [6.07, 6.45) is 0. The lowest BCUT2D eigenvalue weighted by Crippen LogP contribution is -3.12. The number of nitrogens with one attached hydrogen (secondary N) is 1. The van der Waals surface area contributed by atoms with Crippen LogP contribution in [0.3, 0.4) is 0 Å². The summed E-state index contributed by atoms with van der Waals surface area (Å²) >= 11 is 1.40. The highest BCUT2D eigenvalue weighted by atomic mass is 32.2. The molecule has 0 bridgehead atoms. The van der Waals surface area contributed by atoms with Crippen LogP contribution in [-0.2, 0) is 4.79 Å². The van der Waals surface area contributed by atoms with Crippen molar-refractivity contribution in [1.82, 2.24) is 25.1 Å². The van der Waals surface area contributed by atoms with Crippen LogP contribution >= 0.6 is 11.8 Å². The lowest BCUT2D eigenvalue weighted by Gasteiger charge is -2.29. The summed E-state index contributed by atoms with van der Waals surface area (Å²) in [7, 11) is 2.16. The Morgan fingerprint density at radius 3 is 2.58 bits per heavy atom. The fourth-order valence-electron chi connectivity index (χ4n) is 2.90. The molecule has 1 N–H and O–H groups in total. The maximum Gasteiger partial charge on any atom is 0.233 e. The van der Waals surface area contributed by atoms with E-state index in [9.17, 15) is 4.79 Å². The van der Waals surface area contributed by atoms with Crippen LogP contribution < -0.4 is 4.90 Å². The van der Waals surface area contributed by atoms with E-state index >= 15 is 0 Å². The summed E-state index contributed by atoms with van der Waals surface area (Å²) in [6.45, 7) is 7.75. The van der Waals surface area contributed by atoms with Crippen LogP contribution in [-0.4, -0.2) is 70.0 Å². The number of quaternary nitrogens is 1. The zero-order valence-corrected chi connectivity index (χ0v) is 15.1. The molecular weight excluding hydrogens is 324 g/mol. The molecule has 24 heavy (non-hydrogen) atoms. The zero-order valence-electron chi connectivity index (χ0n) is 14.3. The first-order valence-electron chi connectivity index (χ1n) is 8.13. The van der Waals surface area contributed by atoms with Crippen LogP contribution in [0.4, 0.5) is 0 Å². The lowest BCUT2D eigenvalue weighted by atomic mass is 10.1. The maximum absolute atomic E-state index is 12.4. The van der Waals surface area contributed by atoms with E-state index in [2.05, 4.69) is 22.6 Å². The average Bonchev–Trinajstić information content (AvgIpc) is 3.01. The first kappa shape index (κ1) is 16.9. The topological polar surface area (TPSA) is 68.4 Å². The Kier molecular flexibility index (Phi) is 5.15. The van der Waals surface area contributed by atoms with Gasteiger partial charge in [-0.3, -0.25) is 4.79 Å². The third kappa shape index (κ3) is 3.59. The summed E-state index contributed by atoms with van der Waals surface area (Å²) in [6, 6.07) is 6.09. The van der Waals surface area contributed by atoms with Crippen LogP contribution in [0.1, 0.15) is 11.1 Å². The van der Waals surface area contributed by atoms with E-state index in [-0.39, 0.29) is 5.91 Å². The molecule has 0 atom stereocenters. The molecule has 1 aliphatic rings. The van der Waals surface area contributed by atoms with Gasteiger partial charge in [-0.1, -0.05) is 30.0 Å². The Hall–Kier alpha value is -1.93. The Bertz CT molecular complexity index is 703. The molecule has 0 aliphatic carbocycles. The highest BCUT2D eigenvalue weighted by Gasteiger charge is 2.22. The van der Waals surface area contributed by atoms with Gasteiger partial charge in [-0.2, -0.15) is 4.68 Å². The molecule has 0 radical (unpaired) electrons. The SMILES string of the molecule is Cc1cccc(C)c1-n1nnnc1SCC(=O)N1CC[NH+](C)CC1. The average molecular weight is 347 g/mol. The van der Waals surface area contributed by atoms with Crippen molar-refractivity contribution < 1.29 is 9.69 Å². The van der Waals surface area contributed by atoms with Crippen molar-refractivity contribution >= 4 is 17.7 Å². The number of carbonyl (C=O) groups is 1. The Labute approximate surface area is 146 Å². The minimum Gasteiger partial charge on any atom is -0.334 e. The summed E-state index contributed by atoms with van der Waals surface area (Å²) in [5.41, 5.74) is 3.20. The van der Waals surface area contributed by atoms with Crippen molar-refractivity contribution in [2.24, 2.45) is 0 Å². The molecule has 128 valence electrons. The lowest BCUT2D eigenvalue weighted by molar-refractivity contribution is -0.883. The van der Waals surface area contributed by atoms with Gasteiger partial charge >= 0.3 is 0 Å². The normalized spacial score (nSPS) is 15.7. The second kappa shape index (κ2) is 7.31. The quantitative estimate of drug-likeness (QED) is 0.771. The monoisotopic (exact) mass is 347 g/mol. The standard InChI is InChI=1S/C16H22N6OS/c1-12-5-4-6-13(2)15(12)22-16(17-18-19-22)24-11-14(23)21-9-7-20(3)8-10-21/h4-6H,7-11H2,1-3H3/p+1. The van der Waals surface area contributed by atoms with Crippen molar-refractivity contribution in [2.75, 3.05) is 39.0 Å². The van der Waals surface area contributed by atoms with Crippen molar-refractivity contribution in [3.63, 3.8) is 0 Å². The number of tetrazole rings is 1. The number of para-hydroxylation sites is 1. The maximum atomic E-state index is 12.4. The van der Waals surface area contributed by atoms with Crippen molar-refractivity contribution in [3.05, 3.63) is 29.3 Å². The number of rotatable bonds is 4. The smallest absolute Gasteiger partial charge is 0.233 e. The number of hydrogen-bond acceptors (Lipinski definition) is 5. The molecule has 1 amide bonds. The first-order chi connectivity index (χ1) is 11.6. The summed E-state index contributed by atoms with van der Waals surface area (Å²) in [5.74, 6) is 0.521. The van der Waals surface area contributed by atoms with E-state index in [0.717, 1.165) is 43.0 Å². The number of amides is 1. The Morgan fingerprint density at radius 1 is 1.25 bits per heavy atom. The van der Waals surface area contributed by atoms with Crippen molar-refractivity contribution in [2.45, 2.75) is 19.0 Å². The molecule has 0 saturated carbocycles. The predicted octanol–water partition coefficient (Wildman–Crippen LogP) is -0.272. The fourth-order valence-corrected chi connectivity index (χ4v) is 3.68. The van der Waals surface area contributed by atoms with E-state index in [1.807, 2.05) is 36.9 Å². The van der Waals surface area contributed by atoms with Gasteiger partial charge in [-0.05, 0) is 35.4 Å². The number of aryl methyl sites for hydroxylation is 2. The minimum absolute atomic E-state index is 0.156.